The Morgan fingerprint density at radius 2 is 1.47 bits per heavy atom. The molecular formula is C26H20INO2. The van der Waals surface area contributed by atoms with Crippen molar-refractivity contribution in [3.05, 3.63) is 98.1 Å². The van der Waals surface area contributed by atoms with Gasteiger partial charge in [0, 0.05) is 14.9 Å². The summed E-state index contributed by atoms with van der Waals surface area (Å²) in [5.41, 5.74) is 5.94. The van der Waals surface area contributed by atoms with Gasteiger partial charge in [0.15, 0.2) is 0 Å². The Labute approximate surface area is 189 Å². The number of aryl methyl sites for hydroxylation is 1. The van der Waals surface area contributed by atoms with Crippen LogP contribution in [0.3, 0.4) is 0 Å². The third-order valence-corrected chi connectivity index (χ3v) is 8.11. The van der Waals surface area contributed by atoms with Gasteiger partial charge in [0.05, 0.1) is 17.5 Å². The van der Waals surface area contributed by atoms with E-state index in [2.05, 4.69) is 53.8 Å². The van der Waals surface area contributed by atoms with Gasteiger partial charge in [-0.3, -0.25) is 9.59 Å². The van der Waals surface area contributed by atoms with Gasteiger partial charge in [0.1, 0.15) is 0 Å². The van der Waals surface area contributed by atoms with E-state index in [1.165, 1.54) is 27.2 Å². The topological polar surface area (TPSA) is 37.4 Å². The van der Waals surface area contributed by atoms with Crippen LogP contribution in [-0.2, 0) is 15.0 Å². The molecule has 7 rings (SSSR count). The van der Waals surface area contributed by atoms with E-state index in [4.69, 9.17) is 0 Å². The molecule has 0 spiro atoms. The number of benzene rings is 3. The Kier molecular flexibility index (Phi) is 3.68. The van der Waals surface area contributed by atoms with E-state index < -0.39 is 5.41 Å². The number of carbonyl (C=O) groups is 2. The zero-order valence-electron chi connectivity index (χ0n) is 16.7. The van der Waals surface area contributed by atoms with Gasteiger partial charge < -0.3 is 0 Å². The molecule has 3 aliphatic carbocycles. The Morgan fingerprint density at radius 3 is 2.07 bits per heavy atom. The van der Waals surface area contributed by atoms with E-state index in [1.807, 2.05) is 49.4 Å². The SMILES string of the molecule is Cc1cc(I)ccc1N1C(=O)C2C3c4ccccc4C(C)(c4ccccc43)C2C1=O. The summed E-state index contributed by atoms with van der Waals surface area (Å²) in [5, 5.41) is 0. The summed E-state index contributed by atoms with van der Waals surface area (Å²) in [6, 6.07) is 22.7. The van der Waals surface area contributed by atoms with Gasteiger partial charge >= 0.3 is 0 Å². The molecule has 0 aromatic heterocycles. The highest BCUT2D eigenvalue weighted by Crippen LogP contribution is 2.64. The highest BCUT2D eigenvalue weighted by atomic mass is 127. The van der Waals surface area contributed by atoms with Crippen molar-refractivity contribution >= 4 is 40.1 Å². The highest BCUT2D eigenvalue weighted by Gasteiger charge is 2.66. The first-order chi connectivity index (χ1) is 14.4. The highest BCUT2D eigenvalue weighted by molar-refractivity contribution is 14.1. The zero-order valence-corrected chi connectivity index (χ0v) is 18.9. The summed E-state index contributed by atoms with van der Waals surface area (Å²) in [6.07, 6.45) is 0. The van der Waals surface area contributed by atoms with Crippen molar-refractivity contribution in [3.63, 3.8) is 0 Å². The number of anilines is 1. The smallest absolute Gasteiger partial charge is 0.238 e. The predicted molar refractivity (Wildman–Crippen MR) is 125 cm³/mol. The maximum Gasteiger partial charge on any atom is 0.238 e. The van der Waals surface area contributed by atoms with Gasteiger partial charge in [-0.05, 0) is 75.5 Å². The average Bonchev–Trinajstić information content (AvgIpc) is 3.01. The molecule has 1 fully saturated rings. The number of hydrogen-bond acceptors (Lipinski definition) is 2. The van der Waals surface area contributed by atoms with Crippen molar-refractivity contribution in [2.75, 3.05) is 4.90 Å². The number of hydrogen-bond donors (Lipinski definition) is 0. The molecule has 4 heteroatoms. The fourth-order valence-electron chi connectivity index (χ4n) is 6.26. The quantitative estimate of drug-likeness (QED) is 0.338. The molecule has 4 aliphatic rings. The second-order valence-electron chi connectivity index (χ2n) is 8.80. The van der Waals surface area contributed by atoms with Crippen molar-refractivity contribution in [1.82, 2.24) is 0 Å². The molecule has 2 atom stereocenters. The molecule has 0 radical (unpaired) electrons. The molecule has 3 nitrogen and oxygen atoms in total. The Hall–Kier alpha value is -2.47. The molecule has 1 saturated heterocycles. The third kappa shape index (κ3) is 2.05. The first kappa shape index (κ1) is 18.3. The number of halogens is 1. The fourth-order valence-corrected chi connectivity index (χ4v) is 6.91. The van der Waals surface area contributed by atoms with Gasteiger partial charge in [-0.2, -0.15) is 0 Å². The summed E-state index contributed by atoms with van der Waals surface area (Å²) < 4.78 is 1.09. The maximum atomic E-state index is 13.9. The summed E-state index contributed by atoms with van der Waals surface area (Å²) >= 11 is 2.26. The van der Waals surface area contributed by atoms with Gasteiger partial charge in [0.25, 0.3) is 0 Å². The number of carbonyl (C=O) groups excluding carboxylic acids is 2. The Balaban J connectivity index is 1.62. The number of imide groups is 1. The zero-order chi connectivity index (χ0) is 20.8. The number of rotatable bonds is 1. The summed E-state index contributed by atoms with van der Waals surface area (Å²) in [4.78, 5) is 29.2. The van der Waals surface area contributed by atoms with Crippen LogP contribution in [0, 0.1) is 22.3 Å². The van der Waals surface area contributed by atoms with E-state index in [1.54, 1.807) is 0 Å². The van der Waals surface area contributed by atoms with Crippen LogP contribution in [0.25, 0.3) is 0 Å². The first-order valence-corrected chi connectivity index (χ1v) is 11.3. The van der Waals surface area contributed by atoms with Crippen LogP contribution in [0.2, 0.25) is 0 Å². The average molecular weight is 505 g/mol. The molecule has 3 aromatic rings. The van der Waals surface area contributed by atoms with E-state index in [0.717, 1.165) is 14.8 Å². The lowest BCUT2D eigenvalue weighted by molar-refractivity contribution is -0.123. The molecular weight excluding hydrogens is 485 g/mol. The standard InChI is InChI=1S/C26H20INO2/c1-14-13-15(27)11-12-20(14)28-24(29)22-21-16-7-3-5-9-18(16)26(2,23(22)25(28)30)19-10-6-4-8-17(19)21/h3-13,21-23H,1-2H3. The molecule has 1 aliphatic heterocycles. The van der Waals surface area contributed by atoms with Crippen molar-refractivity contribution < 1.29 is 9.59 Å². The maximum absolute atomic E-state index is 13.9. The van der Waals surface area contributed by atoms with E-state index in [9.17, 15) is 9.59 Å². The van der Waals surface area contributed by atoms with Gasteiger partial charge in [-0.25, -0.2) is 4.90 Å². The van der Waals surface area contributed by atoms with Crippen molar-refractivity contribution in [2.24, 2.45) is 11.8 Å². The Morgan fingerprint density at radius 1 is 0.867 bits per heavy atom. The van der Waals surface area contributed by atoms with Gasteiger partial charge in [-0.1, -0.05) is 55.5 Å². The lowest BCUT2D eigenvalue weighted by Crippen LogP contribution is -2.51. The largest absolute Gasteiger partial charge is 0.274 e. The van der Waals surface area contributed by atoms with Crippen molar-refractivity contribution in [1.29, 1.82) is 0 Å². The lowest BCUT2D eigenvalue weighted by Gasteiger charge is -2.52. The Bertz CT molecular complexity index is 1220. The molecule has 2 unspecified atom stereocenters. The molecule has 148 valence electrons. The fraction of sp³-hybridized carbons (Fsp3) is 0.231. The van der Waals surface area contributed by atoms with Crippen LogP contribution >= 0.6 is 22.6 Å². The van der Waals surface area contributed by atoms with E-state index in [0.29, 0.717) is 0 Å². The van der Waals surface area contributed by atoms with Gasteiger partial charge in [0.2, 0.25) is 11.8 Å². The molecule has 3 aromatic carbocycles. The van der Waals surface area contributed by atoms with Crippen molar-refractivity contribution in [2.45, 2.75) is 25.2 Å². The second kappa shape index (κ2) is 6.03. The van der Waals surface area contributed by atoms with E-state index >= 15 is 0 Å². The van der Waals surface area contributed by atoms with Gasteiger partial charge in [-0.15, -0.1) is 0 Å². The van der Waals surface area contributed by atoms with Crippen LogP contribution in [0.4, 0.5) is 5.69 Å². The second-order valence-corrected chi connectivity index (χ2v) is 10.0. The summed E-state index contributed by atoms with van der Waals surface area (Å²) in [7, 11) is 0. The summed E-state index contributed by atoms with van der Waals surface area (Å²) in [6.45, 7) is 4.13. The van der Waals surface area contributed by atoms with Crippen LogP contribution in [0.5, 0.6) is 0 Å². The third-order valence-electron chi connectivity index (χ3n) is 7.44. The minimum absolute atomic E-state index is 0.0606. The summed E-state index contributed by atoms with van der Waals surface area (Å²) in [5.74, 6) is -0.931. The molecule has 0 saturated carbocycles. The van der Waals surface area contributed by atoms with E-state index in [-0.39, 0.29) is 29.6 Å². The lowest BCUT2D eigenvalue weighted by atomic mass is 9.48. The van der Waals surface area contributed by atoms with Crippen LogP contribution in [0.15, 0.2) is 66.7 Å². The van der Waals surface area contributed by atoms with Crippen LogP contribution < -0.4 is 4.90 Å². The monoisotopic (exact) mass is 505 g/mol. The van der Waals surface area contributed by atoms with Crippen molar-refractivity contribution in [3.8, 4) is 0 Å². The first-order valence-electron chi connectivity index (χ1n) is 10.3. The van der Waals surface area contributed by atoms with Crippen LogP contribution in [0.1, 0.15) is 40.7 Å². The molecule has 2 bridgehead atoms. The number of nitrogens with zero attached hydrogens (tertiary/aromatic N) is 1. The minimum atomic E-state index is -0.509. The molecule has 2 amide bonds. The molecule has 30 heavy (non-hydrogen) atoms. The molecule has 1 heterocycles. The minimum Gasteiger partial charge on any atom is -0.274 e. The predicted octanol–water partition coefficient (Wildman–Crippen LogP) is 5.17. The number of amides is 2. The normalized spacial score (nSPS) is 28.4. The molecule has 0 N–H and O–H groups in total. The van der Waals surface area contributed by atoms with Crippen LogP contribution in [-0.4, -0.2) is 11.8 Å².